The van der Waals surface area contributed by atoms with Crippen LogP contribution in [0.1, 0.15) is 12.6 Å². The van der Waals surface area contributed by atoms with Gasteiger partial charge in [-0.3, -0.25) is 0 Å². The molecule has 0 spiro atoms. The van der Waals surface area contributed by atoms with E-state index in [1.165, 1.54) is 0 Å². The molecular formula is C10H10ClN3. The predicted octanol–water partition coefficient (Wildman–Crippen LogP) is 2.48. The Morgan fingerprint density at radius 2 is 2.29 bits per heavy atom. The van der Waals surface area contributed by atoms with Crippen molar-refractivity contribution in [1.82, 2.24) is 14.8 Å². The van der Waals surface area contributed by atoms with Gasteiger partial charge in [0, 0.05) is 12.4 Å². The van der Waals surface area contributed by atoms with Crippen LogP contribution in [-0.2, 0) is 6.42 Å². The highest BCUT2D eigenvalue weighted by Gasteiger charge is 2.03. The zero-order valence-corrected chi connectivity index (χ0v) is 8.57. The Bertz CT molecular complexity index is 436. The van der Waals surface area contributed by atoms with Gasteiger partial charge < -0.3 is 0 Å². The molecule has 0 aliphatic carbocycles. The quantitative estimate of drug-likeness (QED) is 0.709. The summed E-state index contributed by atoms with van der Waals surface area (Å²) in [5.41, 5.74) is 1.86. The van der Waals surface area contributed by atoms with Gasteiger partial charge in [-0.1, -0.05) is 18.5 Å². The normalized spacial score (nSPS) is 10.4. The Morgan fingerprint density at radius 3 is 2.93 bits per heavy atom. The van der Waals surface area contributed by atoms with E-state index in [1.54, 1.807) is 10.9 Å². The lowest BCUT2D eigenvalue weighted by atomic mass is 10.4. The molecular weight excluding hydrogens is 198 g/mol. The van der Waals surface area contributed by atoms with Crippen LogP contribution in [0.4, 0.5) is 0 Å². The minimum Gasteiger partial charge on any atom is -0.242 e. The van der Waals surface area contributed by atoms with Crippen molar-refractivity contribution in [2.24, 2.45) is 0 Å². The first-order chi connectivity index (χ1) is 6.81. The summed E-state index contributed by atoms with van der Waals surface area (Å²) in [5.74, 6) is 0. The molecule has 2 aromatic rings. The summed E-state index contributed by atoms with van der Waals surface area (Å²) in [7, 11) is 0. The van der Waals surface area contributed by atoms with E-state index in [1.807, 2.05) is 24.4 Å². The SMILES string of the molecule is CCc1ccn(-c2cccnc2Cl)n1. The highest BCUT2D eigenvalue weighted by atomic mass is 35.5. The van der Waals surface area contributed by atoms with Crippen LogP contribution in [0.25, 0.3) is 5.69 Å². The van der Waals surface area contributed by atoms with E-state index < -0.39 is 0 Å². The molecule has 0 amide bonds. The fourth-order valence-electron chi connectivity index (χ4n) is 1.23. The van der Waals surface area contributed by atoms with Crippen molar-refractivity contribution in [1.29, 1.82) is 0 Å². The van der Waals surface area contributed by atoms with Crippen molar-refractivity contribution < 1.29 is 0 Å². The summed E-state index contributed by atoms with van der Waals surface area (Å²) in [4.78, 5) is 4.00. The van der Waals surface area contributed by atoms with Crippen molar-refractivity contribution in [3.8, 4) is 5.69 Å². The Morgan fingerprint density at radius 1 is 1.43 bits per heavy atom. The van der Waals surface area contributed by atoms with Gasteiger partial charge in [-0.05, 0) is 24.6 Å². The molecule has 2 rings (SSSR count). The molecule has 0 atom stereocenters. The van der Waals surface area contributed by atoms with Crippen molar-refractivity contribution in [2.45, 2.75) is 13.3 Å². The second-order valence-electron chi connectivity index (χ2n) is 2.92. The van der Waals surface area contributed by atoms with Gasteiger partial charge in [0.05, 0.1) is 5.69 Å². The highest BCUT2D eigenvalue weighted by Crippen LogP contribution is 2.16. The Kier molecular flexibility index (Phi) is 2.50. The van der Waals surface area contributed by atoms with Gasteiger partial charge in [0.25, 0.3) is 0 Å². The molecule has 0 saturated carbocycles. The topological polar surface area (TPSA) is 30.7 Å². The van der Waals surface area contributed by atoms with Gasteiger partial charge in [-0.2, -0.15) is 5.10 Å². The Hall–Kier alpha value is -1.35. The summed E-state index contributed by atoms with van der Waals surface area (Å²) >= 11 is 5.94. The largest absolute Gasteiger partial charge is 0.242 e. The van der Waals surface area contributed by atoms with Crippen LogP contribution in [0.5, 0.6) is 0 Å². The lowest BCUT2D eigenvalue weighted by molar-refractivity contribution is 0.837. The number of hydrogen-bond acceptors (Lipinski definition) is 2. The molecule has 0 fully saturated rings. The third-order valence-electron chi connectivity index (χ3n) is 1.99. The van der Waals surface area contributed by atoms with Crippen LogP contribution in [0.3, 0.4) is 0 Å². The monoisotopic (exact) mass is 207 g/mol. The standard InChI is InChI=1S/C10H10ClN3/c1-2-8-5-7-14(13-8)9-4-3-6-12-10(9)11/h3-7H,2H2,1H3. The molecule has 72 valence electrons. The van der Waals surface area contributed by atoms with Crippen LogP contribution in [0.15, 0.2) is 30.6 Å². The van der Waals surface area contributed by atoms with E-state index in [0.29, 0.717) is 5.15 Å². The molecule has 0 aliphatic heterocycles. The third-order valence-corrected chi connectivity index (χ3v) is 2.28. The van der Waals surface area contributed by atoms with E-state index in [4.69, 9.17) is 11.6 Å². The van der Waals surface area contributed by atoms with E-state index in [0.717, 1.165) is 17.8 Å². The zero-order valence-electron chi connectivity index (χ0n) is 7.81. The fraction of sp³-hybridized carbons (Fsp3) is 0.200. The number of aryl methyl sites for hydroxylation is 1. The number of halogens is 1. The Labute approximate surface area is 87.3 Å². The number of pyridine rings is 1. The van der Waals surface area contributed by atoms with Crippen LogP contribution in [0, 0.1) is 0 Å². The molecule has 2 aromatic heterocycles. The second-order valence-corrected chi connectivity index (χ2v) is 3.28. The van der Waals surface area contributed by atoms with E-state index >= 15 is 0 Å². The molecule has 0 aromatic carbocycles. The third kappa shape index (κ3) is 1.63. The molecule has 4 heteroatoms. The average Bonchev–Trinajstić information content (AvgIpc) is 2.67. The molecule has 0 unspecified atom stereocenters. The first-order valence-corrected chi connectivity index (χ1v) is 4.84. The predicted molar refractivity (Wildman–Crippen MR) is 55.7 cm³/mol. The molecule has 0 aliphatic rings. The maximum Gasteiger partial charge on any atom is 0.154 e. The van der Waals surface area contributed by atoms with Gasteiger partial charge in [0.15, 0.2) is 5.15 Å². The van der Waals surface area contributed by atoms with Crippen molar-refractivity contribution in [3.63, 3.8) is 0 Å². The smallest absolute Gasteiger partial charge is 0.154 e. The number of aromatic nitrogens is 3. The van der Waals surface area contributed by atoms with Crippen LogP contribution >= 0.6 is 11.6 Å². The van der Waals surface area contributed by atoms with Crippen LogP contribution < -0.4 is 0 Å². The van der Waals surface area contributed by atoms with Crippen LogP contribution in [0.2, 0.25) is 5.15 Å². The maximum atomic E-state index is 5.94. The van der Waals surface area contributed by atoms with E-state index in [9.17, 15) is 0 Å². The maximum absolute atomic E-state index is 5.94. The Balaban J connectivity index is 2.44. The van der Waals surface area contributed by atoms with Crippen molar-refractivity contribution in [2.75, 3.05) is 0 Å². The minimum atomic E-state index is 0.471. The molecule has 0 bridgehead atoms. The summed E-state index contributed by atoms with van der Waals surface area (Å²) in [6.45, 7) is 2.07. The first-order valence-electron chi connectivity index (χ1n) is 4.46. The molecule has 2 heterocycles. The van der Waals surface area contributed by atoms with Crippen molar-refractivity contribution in [3.05, 3.63) is 41.4 Å². The van der Waals surface area contributed by atoms with Gasteiger partial charge in [0.2, 0.25) is 0 Å². The highest BCUT2D eigenvalue weighted by molar-refractivity contribution is 6.31. The molecule has 3 nitrogen and oxygen atoms in total. The average molecular weight is 208 g/mol. The second kappa shape index (κ2) is 3.80. The van der Waals surface area contributed by atoms with E-state index in [-0.39, 0.29) is 0 Å². The molecule has 0 saturated heterocycles. The summed E-state index contributed by atoms with van der Waals surface area (Å²) in [5, 5.41) is 4.82. The lowest BCUT2D eigenvalue weighted by Crippen LogP contribution is -1.97. The minimum absolute atomic E-state index is 0.471. The number of hydrogen-bond donors (Lipinski definition) is 0. The van der Waals surface area contributed by atoms with Crippen molar-refractivity contribution >= 4 is 11.6 Å². The summed E-state index contributed by atoms with van der Waals surface area (Å²) in [6, 6.07) is 5.71. The summed E-state index contributed by atoms with van der Waals surface area (Å²) in [6.07, 6.45) is 4.47. The van der Waals surface area contributed by atoms with E-state index in [2.05, 4.69) is 17.0 Å². The zero-order chi connectivity index (χ0) is 9.97. The van der Waals surface area contributed by atoms with Gasteiger partial charge >= 0.3 is 0 Å². The van der Waals surface area contributed by atoms with Gasteiger partial charge in [-0.15, -0.1) is 0 Å². The van der Waals surface area contributed by atoms with Gasteiger partial charge in [0.1, 0.15) is 5.69 Å². The molecule has 14 heavy (non-hydrogen) atoms. The molecule has 0 N–H and O–H groups in total. The van der Waals surface area contributed by atoms with Crippen LogP contribution in [-0.4, -0.2) is 14.8 Å². The fourth-order valence-corrected chi connectivity index (χ4v) is 1.44. The van der Waals surface area contributed by atoms with Gasteiger partial charge in [-0.25, -0.2) is 9.67 Å². The lowest BCUT2D eigenvalue weighted by Gasteiger charge is -2.01. The number of rotatable bonds is 2. The first kappa shape index (κ1) is 9.21. The summed E-state index contributed by atoms with van der Waals surface area (Å²) < 4.78 is 1.74. The number of nitrogens with zero attached hydrogens (tertiary/aromatic N) is 3. The molecule has 0 radical (unpaired) electrons.